The Balaban J connectivity index is 2.01. The molecule has 5 heteroatoms. The van der Waals surface area contributed by atoms with E-state index in [1.54, 1.807) is 6.07 Å². The molecule has 2 rings (SSSR count). The number of anilines is 2. The van der Waals surface area contributed by atoms with Crippen LogP contribution in [0, 0.1) is 13.8 Å². The van der Waals surface area contributed by atoms with Crippen molar-refractivity contribution < 1.29 is 4.79 Å². The molecule has 0 saturated carbocycles. The number of aryl methyl sites for hydroxylation is 2. The van der Waals surface area contributed by atoms with Gasteiger partial charge in [-0.1, -0.05) is 41.4 Å². The first kappa shape index (κ1) is 15.7. The summed E-state index contributed by atoms with van der Waals surface area (Å²) < 4.78 is 0. The van der Waals surface area contributed by atoms with Crippen LogP contribution in [-0.2, 0) is 4.79 Å². The van der Waals surface area contributed by atoms with Crippen LogP contribution in [0.1, 0.15) is 11.1 Å². The second-order valence-corrected chi connectivity index (χ2v) is 5.63. The van der Waals surface area contributed by atoms with Gasteiger partial charge in [-0.2, -0.15) is 0 Å². The van der Waals surface area contributed by atoms with E-state index < -0.39 is 0 Å². The van der Waals surface area contributed by atoms with Crippen molar-refractivity contribution in [3.05, 3.63) is 57.6 Å². The van der Waals surface area contributed by atoms with Crippen LogP contribution in [0.4, 0.5) is 11.4 Å². The van der Waals surface area contributed by atoms with Gasteiger partial charge in [0.1, 0.15) is 0 Å². The zero-order valence-corrected chi connectivity index (χ0v) is 13.3. The first-order valence-electron chi connectivity index (χ1n) is 6.52. The molecule has 0 fully saturated rings. The summed E-state index contributed by atoms with van der Waals surface area (Å²) >= 11 is 12.2. The molecule has 110 valence electrons. The maximum Gasteiger partial charge on any atom is 0.243 e. The second kappa shape index (κ2) is 6.83. The van der Waals surface area contributed by atoms with Crippen molar-refractivity contribution in [1.29, 1.82) is 0 Å². The molecule has 1 amide bonds. The lowest BCUT2D eigenvalue weighted by Crippen LogP contribution is -2.22. The number of carbonyl (C=O) groups excluding carboxylic acids is 1. The number of hydrogen-bond donors (Lipinski definition) is 2. The Morgan fingerprint density at radius 1 is 1.10 bits per heavy atom. The summed E-state index contributed by atoms with van der Waals surface area (Å²) in [6.07, 6.45) is 0. The second-order valence-electron chi connectivity index (χ2n) is 4.82. The minimum Gasteiger partial charge on any atom is -0.375 e. The summed E-state index contributed by atoms with van der Waals surface area (Å²) in [4.78, 5) is 12.0. The third-order valence-corrected chi connectivity index (χ3v) is 3.64. The first-order valence-corrected chi connectivity index (χ1v) is 7.28. The summed E-state index contributed by atoms with van der Waals surface area (Å²) in [6, 6.07) is 11.1. The zero-order valence-electron chi connectivity index (χ0n) is 11.8. The van der Waals surface area contributed by atoms with E-state index in [4.69, 9.17) is 23.2 Å². The highest BCUT2D eigenvalue weighted by Gasteiger charge is 2.09. The SMILES string of the molecule is Cc1cc(C)c(NC(=O)CNc2ccccc2Cl)c(Cl)c1. The summed E-state index contributed by atoms with van der Waals surface area (Å²) in [5.74, 6) is -0.177. The van der Waals surface area contributed by atoms with Crippen LogP contribution in [0.2, 0.25) is 10.0 Å². The molecule has 0 aliphatic heterocycles. The van der Waals surface area contributed by atoms with Crippen molar-refractivity contribution in [2.45, 2.75) is 13.8 Å². The van der Waals surface area contributed by atoms with Crippen molar-refractivity contribution in [2.75, 3.05) is 17.2 Å². The number of amides is 1. The van der Waals surface area contributed by atoms with Gasteiger partial charge in [0, 0.05) is 0 Å². The van der Waals surface area contributed by atoms with Gasteiger partial charge in [0.25, 0.3) is 0 Å². The maximum absolute atomic E-state index is 12.0. The van der Waals surface area contributed by atoms with E-state index in [0.29, 0.717) is 15.7 Å². The summed E-state index contributed by atoms with van der Waals surface area (Å²) in [5.41, 5.74) is 3.37. The number of carbonyl (C=O) groups is 1. The van der Waals surface area contributed by atoms with E-state index in [9.17, 15) is 4.79 Å². The fraction of sp³-hybridized carbons (Fsp3) is 0.188. The lowest BCUT2D eigenvalue weighted by atomic mass is 10.1. The van der Waals surface area contributed by atoms with Crippen molar-refractivity contribution >= 4 is 40.5 Å². The molecule has 0 unspecified atom stereocenters. The van der Waals surface area contributed by atoms with Crippen LogP contribution < -0.4 is 10.6 Å². The lowest BCUT2D eigenvalue weighted by molar-refractivity contribution is -0.114. The molecule has 0 heterocycles. The number of hydrogen-bond acceptors (Lipinski definition) is 2. The molecular formula is C16H16Cl2N2O. The normalized spacial score (nSPS) is 10.3. The molecule has 21 heavy (non-hydrogen) atoms. The lowest BCUT2D eigenvalue weighted by Gasteiger charge is -2.13. The van der Waals surface area contributed by atoms with Gasteiger partial charge in [0.05, 0.1) is 28.0 Å². The molecule has 0 aliphatic rings. The zero-order chi connectivity index (χ0) is 15.4. The summed E-state index contributed by atoms with van der Waals surface area (Å²) in [7, 11) is 0. The number of rotatable bonds is 4. The third kappa shape index (κ3) is 4.13. The average Bonchev–Trinajstić information content (AvgIpc) is 2.42. The van der Waals surface area contributed by atoms with Gasteiger partial charge in [0.15, 0.2) is 0 Å². The number of benzene rings is 2. The number of halogens is 2. The molecule has 0 atom stereocenters. The van der Waals surface area contributed by atoms with Gasteiger partial charge in [-0.3, -0.25) is 4.79 Å². The van der Waals surface area contributed by atoms with Crippen LogP contribution in [-0.4, -0.2) is 12.5 Å². The van der Waals surface area contributed by atoms with Crippen LogP contribution >= 0.6 is 23.2 Å². The highest BCUT2D eigenvalue weighted by atomic mass is 35.5. The largest absolute Gasteiger partial charge is 0.375 e. The number of para-hydroxylation sites is 1. The molecule has 2 aromatic carbocycles. The van der Waals surface area contributed by atoms with E-state index in [1.807, 2.05) is 44.2 Å². The van der Waals surface area contributed by atoms with Crippen molar-refractivity contribution in [2.24, 2.45) is 0 Å². The molecule has 2 N–H and O–H groups in total. The van der Waals surface area contributed by atoms with Crippen molar-refractivity contribution in [1.82, 2.24) is 0 Å². The Labute approximate surface area is 134 Å². The van der Waals surface area contributed by atoms with E-state index >= 15 is 0 Å². The van der Waals surface area contributed by atoms with Crippen LogP contribution in [0.15, 0.2) is 36.4 Å². The predicted molar refractivity (Wildman–Crippen MR) is 89.5 cm³/mol. The standard InChI is InChI=1S/C16H16Cl2N2O/c1-10-7-11(2)16(13(18)8-10)20-15(21)9-19-14-6-4-3-5-12(14)17/h3-8,19H,9H2,1-2H3,(H,20,21). The Kier molecular flexibility index (Phi) is 5.10. The Hall–Kier alpha value is -1.71. The average molecular weight is 323 g/mol. The fourth-order valence-electron chi connectivity index (χ4n) is 2.04. The van der Waals surface area contributed by atoms with Crippen molar-refractivity contribution in [3.63, 3.8) is 0 Å². The van der Waals surface area contributed by atoms with E-state index in [2.05, 4.69) is 10.6 Å². The first-order chi connectivity index (χ1) is 9.97. The van der Waals surface area contributed by atoms with Crippen molar-refractivity contribution in [3.8, 4) is 0 Å². The Bertz CT molecular complexity index is 648. The Morgan fingerprint density at radius 2 is 1.81 bits per heavy atom. The predicted octanol–water partition coefficient (Wildman–Crippen LogP) is 4.66. The van der Waals surface area contributed by atoms with Crippen LogP contribution in [0.5, 0.6) is 0 Å². The van der Waals surface area contributed by atoms with E-state index in [0.717, 1.165) is 16.8 Å². The van der Waals surface area contributed by atoms with Gasteiger partial charge in [-0.05, 0) is 43.2 Å². The highest BCUT2D eigenvalue weighted by molar-refractivity contribution is 6.34. The molecule has 0 radical (unpaired) electrons. The van der Waals surface area contributed by atoms with Crippen LogP contribution in [0.25, 0.3) is 0 Å². The van der Waals surface area contributed by atoms with E-state index in [1.165, 1.54) is 0 Å². The number of nitrogens with one attached hydrogen (secondary N) is 2. The molecular weight excluding hydrogens is 307 g/mol. The Morgan fingerprint density at radius 3 is 2.48 bits per heavy atom. The molecule has 0 spiro atoms. The van der Waals surface area contributed by atoms with Gasteiger partial charge >= 0.3 is 0 Å². The maximum atomic E-state index is 12.0. The molecule has 0 aromatic heterocycles. The minimum atomic E-state index is -0.177. The third-order valence-electron chi connectivity index (χ3n) is 3.01. The molecule has 3 nitrogen and oxygen atoms in total. The fourth-order valence-corrected chi connectivity index (χ4v) is 2.61. The van der Waals surface area contributed by atoms with Gasteiger partial charge < -0.3 is 10.6 Å². The van der Waals surface area contributed by atoms with Gasteiger partial charge in [-0.15, -0.1) is 0 Å². The quantitative estimate of drug-likeness (QED) is 0.859. The topological polar surface area (TPSA) is 41.1 Å². The molecule has 0 bridgehead atoms. The van der Waals surface area contributed by atoms with E-state index in [-0.39, 0.29) is 12.5 Å². The highest BCUT2D eigenvalue weighted by Crippen LogP contribution is 2.27. The molecule has 0 aliphatic carbocycles. The smallest absolute Gasteiger partial charge is 0.243 e. The summed E-state index contributed by atoms with van der Waals surface area (Å²) in [6.45, 7) is 3.99. The summed E-state index contributed by atoms with van der Waals surface area (Å²) in [5, 5.41) is 6.93. The molecule has 0 saturated heterocycles. The van der Waals surface area contributed by atoms with Gasteiger partial charge in [-0.25, -0.2) is 0 Å². The van der Waals surface area contributed by atoms with Crippen LogP contribution in [0.3, 0.4) is 0 Å². The van der Waals surface area contributed by atoms with Gasteiger partial charge in [0.2, 0.25) is 5.91 Å². The monoisotopic (exact) mass is 322 g/mol. The molecule has 2 aromatic rings. The minimum absolute atomic E-state index is 0.118.